The number of carbonyl (C=O) groups is 2. The zero-order valence-electron chi connectivity index (χ0n) is 11.1. The van der Waals surface area contributed by atoms with Gasteiger partial charge in [-0.15, -0.1) is 11.8 Å². The summed E-state index contributed by atoms with van der Waals surface area (Å²) in [5.41, 5.74) is 0.760. The number of thioether (sulfide) groups is 1. The molecule has 1 aromatic carbocycles. The Hall–Kier alpha value is -1.33. The standard InChI is InChI=1S/C14H17NO3S/c1-3-15(4-2)7-8-19-10-5-6-11-12(9-10)14(17)18-13(11)16/h5-6,9H,3-4,7-8H2,1-2H3. The third-order valence-electron chi connectivity index (χ3n) is 3.19. The number of fused-ring (bicyclic) bond motifs is 1. The number of hydrogen-bond donors (Lipinski definition) is 0. The number of ether oxygens (including phenoxy) is 1. The Morgan fingerprint density at radius 3 is 2.47 bits per heavy atom. The van der Waals surface area contributed by atoms with E-state index in [1.807, 2.05) is 6.07 Å². The minimum Gasteiger partial charge on any atom is -0.386 e. The van der Waals surface area contributed by atoms with E-state index in [4.69, 9.17) is 0 Å². The topological polar surface area (TPSA) is 46.6 Å². The van der Waals surface area contributed by atoms with E-state index in [2.05, 4.69) is 23.5 Å². The monoisotopic (exact) mass is 279 g/mol. The highest BCUT2D eigenvalue weighted by Gasteiger charge is 2.29. The molecule has 102 valence electrons. The van der Waals surface area contributed by atoms with E-state index in [-0.39, 0.29) is 0 Å². The maximum Gasteiger partial charge on any atom is 0.346 e. The molecule has 0 amide bonds. The van der Waals surface area contributed by atoms with Gasteiger partial charge >= 0.3 is 11.9 Å². The molecule has 0 fully saturated rings. The van der Waals surface area contributed by atoms with Gasteiger partial charge in [-0.3, -0.25) is 0 Å². The van der Waals surface area contributed by atoms with Gasteiger partial charge in [-0.1, -0.05) is 13.8 Å². The average Bonchev–Trinajstić information content (AvgIpc) is 2.70. The molecule has 1 aliphatic rings. The Morgan fingerprint density at radius 2 is 1.79 bits per heavy atom. The van der Waals surface area contributed by atoms with Gasteiger partial charge in [0.05, 0.1) is 11.1 Å². The Morgan fingerprint density at radius 1 is 1.11 bits per heavy atom. The number of benzene rings is 1. The van der Waals surface area contributed by atoms with E-state index < -0.39 is 11.9 Å². The van der Waals surface area contributed by atoms with Crippen LogP contribution in [0.2, 0.25) is 0 Å². The molecule has 0 aliphatic carbocycles. The molecule has 0 bridgehead atoms. The molecule has 19 heavy (non-hydrogen) atoms. The van der Waals surface area contributed by atoms with Crippen LogP contribution in [0.4, 0.5) is 0 Å². The summed E-state index contributed by atoms with van der Waals surface area (Å²) < 4.78 is 4.57. The smallest absolute Gasteiger partial charge is 0.346 e. The summed E-state index contributed by atoms with van der Waals surface area (Å²) in [5.74, 6) is -0.116. The largest absolute Gasteiger partial charge is 0.386 e. The minimum atomic E-state index is -0.542. The molecule has 0 radical (unpaired) electrons. The van der Waals surface area contributed by atoms with Crippen molar-refractivity contribution in [3.8, 4) is 0 Å². The van der Waals surface area contributed by atoms with Crippen LogP contribution in [0.1, 0.15) is 34.6 Å². The van der Waals surface area contributed by atoms with Crippen LogP contribution in [-0.4, -0.2) is 42.2 Å². The van der Waals surface area contributed by atoms with Gasteiger partial charge in [0.1, 0.15) is 0 Å². The van der Waals surface area contributed by atoms with Gasteiger partial charge in [-0.25, -0.2) is 9.59 Å². The minimum absolute atomic E-state index is 0.373. The van der Waals surface area contributed by atoms with Crippen molar-refractivity contribution in [3.63, 3.8) is 0 Å². The van der Waals surface area contributed by atoms with Crippen molar-refractivity contribution in [2.75, 3.05) is 25.4 Å². The first-order chi connectivity index (χ1) is 9.15. The van der Waals surface area contributed by atoms with Crippen LogP contribution in [0.3, 0.4) is 0 Å². The highest BCUT2D eigenvalue weighted by molar-refractivity contribution is 7.99. The molecule has 5 heteroatoms. The van der Waals surface area contributed by atoms with Gasteiger partial charge in [0, 0.05) is 17.2 Å². The second-order valence-corrected chi connectivity index (χ2v) is 5.43. The number of rotatable bonds is 6. The van der Waals surface area contributed by atoms with Gasteiger partial charge in [0.25, 0.3) is 0 Å². The predicted molar refractivity (Wildman–Crippen MR) is 74.7 cm³/mol. The van der Waals surface area contributed by atoms with E-state index in [1.165, 1.54) is 0 Å². The summed E-state index contributed by atoms with van der Waals surface area (Å²) in [7, 11) is 0. The normalized spacial score (nSPS) is 13.8. The summed E-state index contributed by atoms with van der Waals surface area (Å²) >= 11 is 1.69. The zero-order valence-corrected chi connectivity index (χ0v) is 12.0. The van der Waals surface area contributed by atoms with E-state index in [0.717, 1.165) is 30.3 Å². The maximum atomic E-state index is 11.4. The first-order valence-corrected chi connectivity index (χ1v) is 7.40. The molecular weight excluding hydrogens is 262 g/mol. The quantitative estimate of drug-likeness (QED) is 0.455. The molecule has 0 saturated heterocycles. The van der Waals surface area contributed by atoms with Crippen LogP contribution in [0.15, 0.2) is 23.1 Å². The molecule has 0 aromatic heterocycles. The Bertz CT molecular complexity index is 497. The number of carbonyl (C=O) groups excluding carboxylic acids is 2. The molecule has 0 unspecified atom stereocenters. The molecule has 1 heterocycles. The first kappa shape index (κ1) is 14.1. The second-order valence-electron chi connectivity index (χ2n) is 4.26. The predicted octanol–water partition coefficient (Wildman–Crippen LogP) is 2.43. The molecule has 1 aliphatic heterocycles. The molecule has 0 atom stereocenters. The molecule has 0 spiro atoms. The van der Waals surface area contributed by atoms with Gasteiger partial charge in [0.2, 0.25) is 0 Å². The van der Waals surface area contributed by atoms with Crippen molar-refractivity contribution in [2.45, 2.75) is 18.7 Å². The van der Waals surface area contributed by atoms with E-state index in [9.17, 15) is 9.59 Å². The van der Waals surface area contributed by atoms with E-state index in [1.54, 1.807) is 23.9 Å². The SMILES string of the molecule is CCN(CC)CCSc1ccc2c(c1)C(=O)OC2=O. The second kappa shape index (κ2) is 6.21. The third kappa shape index (κ3) is 3.16. The lowest BCUT2D eigenvalue weighted by molar-refractivity contribution is 0.0444. The molecule has 1 aromatic rings. The van der Waals surface area contributed by atoms with Crippen molar-refractivity contribution in [3.05, 3.63) is 29.3 Å². The average molecular weight is 279 g/mol. The molecular formula is C14H17NO3S. The number of esters is 2. The van der Waals surface area contributed by atoms with Gasteiger partial charge in [0.15, 0.2) is 0 Å². The summed E-state index contributed by atoms with van der Waals surface area (Å²) in [6.07, 6.45) is 0. The van der Waals surface area contributed by atoms with Gasteiger partial charge < -0.3 is 9.64 Å². The van der Waals surface area contributed by atoms with Crippen molar-refractivity contribution in [1.82, 2.24) is 4.90 Å². The highest BCUT2D eigenvalue weighted by Crippen LogP contribution is 2.26. The first-order valence-electron chi connectivity index (χ1n) is 6.41. The van der Waals surface area contributed by atoms with E-state index >= 15 is 0 Å². The fraction of sp³-hybridized carbons (Fsp3) is 0.429. The zero-order chi connectivity index (χ0) is 13.8. The fourth-order valence-electron chi connectivity index (χ4n) is 1.99. The summed E-state index contributed by atoms with van der Waals surface area (Å²) in [6.45, 7) is 7.39. The molecule has 0 N–H and O–H groups in total. The number of hydrogen-bond acceptors (Lipinski definition) is 5. The van der Waals surface area contributed by atoms with Crippen molar-refractivity contribution < 1.29 is 14.3 Å². The lowest BCUT2D eigenvalue weighted by atomic mass is 10.1. The lowest BCUT2D eigenvalue weighted by Gasteiger charge is -2.17. The van der Waals surface area contributed by atoms with Crippen molar-refractivity contribution in [2.24, 2.45) is 0 Å². The van der Waals surface area contributed by atoms with Gasteiger partial charge in [-0.2, -0.15) is 0 Å². The highest BCUT2D eigenvalue weighted by atomic mass is 32.2. The van der Waals surface area contributed by atoms with Gasteiger partial charge in [-0.05, 0) is 31.3 Å². The fourth-order valence-corrected chi connectivity index (χ4v) is 2.94. The van der Waals surface area contributed by atoms with E-state index in [0.29, 0.717) is 11.1 Å². The Labute approximate surface area is 117 Å². The maximum absolute atomic E-state index is 11.4. The van der Waals surface area contributed by atoms with Crippen LogP contribution in [-0.2, 0) is 4.74 Å². The lowest BCUT2D eigenvalue weighted by Crippen LogP contribution is -2.25. The van der Waals surface area contributed by atoms with Crippen LogP contribution >= 0.6 is 11.8 Å². The summed E-state index contributed by atoms with van der Waals surface area (Å²) in [6, 6.07) is 5.28. The Balaban J connectivity index is 1.98. The third-order valence-corrected chi connectivity index (χ3v) is 4.16. The molecule has 2 rings (SSSR count). The Kier molecular flexibility index (Phi) is 4.61. The van der Waals surface area contributed by atoms with Crippen LogP contribution in [0.25, 0.3) is 0 Å². The van der Waals surface area contributed by atoms with Crippen molar-refractivity contribution in [1.29, 1.82) is 0 Å². The van der Waals surface area contributed by atoms with Crippen molar-refractivity contribution >= 4 is 23.7 Å². The molecule has 0 saturated carbocycles. The number of cyclic esters (lactones) is 2. The van der Waals surface area contributed by atoms with Crippen LogP contribution < -0.4 is 0 Å². The number of nitrogens with zero attached hydrogens (tertiary/aromatic N) is 1. The van der Waals surface area contributed by atoms with Crippen LogP contribution in [0.5, 0.6) is 0 Å². The van der Waals surface area contributed by atoms with Crippen LogP contribution in [0, 0.1) is 0 Å². The summed E-state index contributed by atoms with van der Waals surface area (Å²) in [4.78, 5) is 26.1. The summed E-state index contributed by atoms with van der Waals surface area (Å²) in [5, 5.41) is 0. The molecule has 4 nitrogen and oxygen atoms in total.